The van der Waals surface area contributed by atoms with E-state index in [1.54, 1.807) is 30.3 Å². The first-order valence-corrected chi connectivity index (χ1v) is 8.08. The molecule has 0 spiro atoms. The molecule has 6 heteroatoms. The van der Waals surface area contributed by atoms with Gasteiger partial charge in [0.1, 0.15) is 5.82 Å². The van der Waals surface area contributed by atoms with Crippen LogP contribution in [0.25, 0.3) is 0 Å². The summed E-state index contributed by atoms with van der Waals surface area (Å²) in [6.07, 6.45) is 1.04. The van der Waals surface area contributed by atoms with Crippen LogP contribution in [0.3, 0.4) is 0 Å². The van der Waals surface area contributed by atoms with Crippen LogP contribution in [0.5, 0.6) is 0 Å². The van der Waals surface area contributed by atoms with Gasteiger partial charge in [-0.05, 0) is 23.8 Å². The Bertz CT molecular complexity index is 719. The number of para-hydroxylation sites is 1. The van der Waals surface area contributed by atoms with Crippen LogP contribution in [-0.4, -0.2) is 14.7 Å². The minimum absolute atomic E-state index is 0.00918. The highest BCUT2D eigenvalue weighted by Crippen LogP contribution is 2.26. The molecule has 0 bridgehead atoms. The maximum Gasteiger partial charge on any atom is 0.232 e. The highest BCUT2D eigenvalue weighted by Gasteiger charge is 2.21. The van der Waals surface area contributed by atoms with Crippen molar-refractivity contribution in [2.45, 2.75) is 6.54 Å². The van der Waals surface area contributed by atoms with Crippen molar-refractivity contribution in [3.05, 3.63) is 64.9 Å². The van der Waals surface area contributed by atoms with Crippen LogP contribution < -0.4 is 4.31 Å². The molecule has 3 nitrogen and oxygen atoms in total. The van der Waals surface area contributed by atoms with Crippen LogP contribution >= 0.6 is 11.6 Å². The average Bonchev–Trinajstić information content (AvgIpc) is 2.38. The maximum atomic E-state index is 13.8. The molecule has 0 unspecified atom stereocenters. The van der Waals surface area contributed by atoms with E-state index in [1.165, 1.54) is 18.2 Å². The Morgan fingerprint density at radius 1 is 1.10 bits per heavy atom. The van der Waals surface area contributed by atoms with E-state index in [0.29, 0.717) is 10.6 Å². The van der Waals surface area contributed by atoms with Crippen molar-refractivity contribution < 1.29 is 12.8 Å². The topological polar surface area (TPSA) is 37.4 Å². The predicted molar refractivity (Wildman–Crippen MR) is 78.9 cm³/mol. The van der Waals surface area contributed by atoms with E-state index in [2.05, 4.69) is 0 Å². The third-order valence-corrected chi connectivity index (χ3v) is 4.29. The molecule has 0 aromatic heterocycles. The number of sulfonamides is 1. The fourth-order valence-electron chi connectivity index (χ4n) is 1.82. The zero-order valence-corrected chi connectivity index (χ0v) is 12.3. The van der Waals surface area contributed by atoms with Gasteiger partial charge in [0.2, 0.25) is 10.0 Å². The van der Waals surface area contributed by atoms with Gasteiger partial charge in [-0.2, -0.15) is 0 Å². The zero-order valence-electron chi connectivity index (χ0n) is 10.8. The quantitative estimate of drug-likeness (QED) is 0.867. The van der Waals surface area contributed by atoms with Gasteiger partial charge in [-0.15, -0.1) is 0 Å². The van der Waals surface area contributed by atoms with Crippen LogP contribution in [0, 0.1) is 5.82 Å². The lowest BCUT2D eigenvalue weighted by atomic mass is 10.2. The molecule has 2 aromatic carbocycles. The van der Waals surface area contributed by atoms with E-state index in [4.69, 9.17) is 11.6 Å². The molecule has 0 fully saturated rings. The second-order valence-electron chi connectivity index (χ2n) is 4.31. The first-order chi connectivity index (χ1) is 9.39. The fraction of sp³-hybridized carbons (Fsp3) is 0.143. The molecule has 0 radical (unpaired) electrons. The maximum absolute atomic E-state index is 13.8. The van der Waals surface area contributed by atoms with Crippen molar-refractivity contribution in [3.8, 4) is 0 Å². The number of benzene rings is 2. The molecule has 0 aliphatic rings. The summed E-state index contributed by atoms with van der Waals surface area (Å²) in [6, 6.07) is 12.6. The summed E-state index contributed by atoms with van der Waals surface area (Å²) in [5.41, 5.74) is 0.623. The van der Waals surface area contributed by atoms with E-state index >= 15 is 0 Å². The molecule has 0 heterocycles. The SMILES string of the molecule is CS(=O)(=O)N(Cc1ccccc1Cl)c1ccccc1F. The Labute approximate surface area is 122 Å². The summed E-state index contributed by atoms with van der Waals surface area (Å²) < 4.78 is 38.7. The molecule has 2 aromatic rings. The number of anilines is 1. The lowest BCUT2D eigenvalue weighted by molar-refractivity contribution is 0.590. The number of halogens is 2. The van der Waals surface area contributed by atoms with Gasteiger partial charge in [0.25, 0.3) is 0 Å². The predicted octanol–water partition coefficient (Wildman–Crippen LogP) is 3.45. The standard InChI is InChI=1S/C14H13ClFNO2S/c1-20(18,19)17(14-9-5-4-8-13(14)16)10-11-6-2-3-7-12(11)15/h2-9H,10H2,1H3. The van der Waals surface area contributed by atoms with E-state index in [0.717, 1.165) is 10.6 Å². The second kappa shape index (κ2) is 5.81. The Balaban J connectivity index is 2.46. The van der Waals surface area contributed by atoms with Gasteiger partial charge >= 0.3 is 0 Å². The van der Waals surface area contributed by atoms with Crippen LogP contribution in [0.4, 0.5) is 10.1 Å². The summed E-state index contributed by atoms with van der Waals surface area (Å²) in [4.78, 5) is 0. The number of rotatable bonds is 4. The summed E-state index contributed by atoms with van der Waals surface area (Å²) in [5, 5.41) is 0.442. The summed E-state index contributed by atoms with van der Waals surface area (Å²) in [5.74, 6) is -0.593. The minimum Gasteiger partial charge on any atom is -0.263 e. The Hall–Kier alpha value is -1.59. The summed E-state index contributed by atoms with van der Waals surface area (Å²) in [7, 11) is -3.62. The summed E-state index contributed by atoms with van der Waals surface area (Å²) in [6.45, 7) is -0.0144. The largest absolute Gasteiger partial charge is 0.263 e. The average molecular weight is 314 g/mol. The van der Waals surface area contributed by atoms with Crippen LogP contribution in [0.2, 0.25) is 5.02 Å². The van der Waals surface area contributed by atoms with Gasteiger partial charge in [-0.25, -0.2) is 12.8 Å². The van der Waals surface area contributed by atoms with Gasteiger partial charge in [0, 0.05) is 5.02 Å². The molecular formula is C14H13ClFNO2S. The van der Waals surface area contributed by atoms with Gasteiger partial charge in [0.15, 0.2) is 0 Å². The van der Waals surface area contributed by atoms with Crippen molar-refractivity contribution in [3.63, 3.8) is 0 Å². The minimum atomic E-state index is -3.62. The smallest absolute Gasteiger partial charge is 0.232 e. The highest BCUT2D eigenvalue weighted by atomic mass is 35.5. The number of hydrogen-bond acceptors (Lipinski definition) is 2. The Morgan fingerprint density at radius 2 is 1.70 bits per heavy atom. The first kappa shape index (κ1) is 14.8. The molecule has 106 valence electrons. The second-order valence-corrected chi connectivity index (χ2v) is 6.63. The normalized spacial score (nSPS) is 11.3. The van der Waals surface area contributed by atoms with E-state index < -0.39 is 15.8 Å². The van der Waals surface area contributed by atoms with Crippen molar-refractivity contribution in [1.82, 2.24) is 0 Å². The molecule has 0 saturated heterocycles. The molecule has 0 amide bonds. The number of hydrogen-bond donors (Lipinski definition) is 0. The summed E-state index contributed by atoms with van der Waals surface area (Å²) >= 11 is 6.03. The zero-order chi connectivity index (χ0) is 14.8. The molecule has 2 rings (SSSR count). The molecular weight excluding hydrogens is 301 g/mol. The Morgan fingerprint density at radius 3 is 2.30 bits per heavy atom. The number of nitrogens with zero attached hydrogens (tertiary/aromatic N) is 1. The molecule has 0 aliphatic heterocycles. The lowest BCUT2D eigenvalue weighted by Gasteiger charge is -2.23. The molecule has 0 aliphatic carbocycles. The van der Waals surface area contributed by atoms with Crippen molar-refractivity contribution in [1.29, 1.82) is 0 Å². The molecule has 0 atom stereocenters. The highest BCUT2D eigenvalue weighted by molar-refractivity contribution is 7.92. The van der Waals surface area contributed by atoms with Gasteiger partial charge in [0.05, 0.1) is 18.5 Å². The Kier molecular flexibility index (Phi) is 4.30. The van der Waals surface area contributed by atoms with Crippen LogP contribution in [0.1, 0.15) is 5.56 Å². The van der Waals surface area contributed by atoms with Gasteiger partial charge in [-0.1, -0.05) is 41.9 Å². The van der Waals surface area contributed by atoms with Crippen LogP contribution in [-0.2, 0) is 16.6 Å². The fourth-order valence-corrected chi connectivity index (χ4v) is 2.89. The van der Waals surface area contributed by atoms with E-state index in [9.17, 15) is 12.8 Å². The third-order valence-electron chi connectivity index (χ3n) is 2.79. The van der Waals surface area contributed by atoms with Crippen molar-refractivity contribution >= 4 is 27.3 Å². The third kappa shape index (κ3) is 3.29. The monoisotopic (exact) mass is 313 g/mol. The van der Waals surface area contributed by atoms with Crippen molar-refractivity contribution in [2.75, 3.05) is 10.6 Å². The lowest BCUT2D eigenvalue weighted by Crippen LogP contribution is -2.30. The first-order valence-electron chi connectivity index (χ1n) is 5.85. The molecule has 0 saturated carbocycles. The van der Waals surface area contributed by atoms with Gasteiger partial charge < -0.3 is 0 Å². The van der Waals surface area contributed by atoms with Crippen LogP contribution in [0.15, 0.2) is 48.5 Å². The van der Waals surface area contributed by atoms with Gasteiger partial charge in [-0.3, -0.25) is 4.31 Å². The van der Waals surface area contributed by atoms with E-state index in [-0.39, 0.29) is 12.2 Å². The molecule has 20 heavy (non-hydrogen) atoms. The molecule has 0 N–H and O–H groups in total. The van der Waals surface area contributed by atoms with E-state index in [1.807, 2.05) is 0 Å². The van der Waals surface area contributed by atoms with Crippen molar-refractivity contribution in [2.24, 2.45) is 0 Å².